The molecule has 1 aromatic carbocycles. The fourth-order valence-corrected chi connectivity index (χ4v) is 2.66. The minimum absolute atomic E-state index is 0.0188. The third kappa shape index (κ3) is 2.59. The predicted molar refractivity (Wildman–Crippen MR) is 71.7 cm³/mol. The number of nitrogens with zero attached hydrogens (tertiary/aromatic N) is 1. The van der Waals surface area contributed by atoms with Gasteiger partial charge in [0.25, 0.3) is 5.91 Å². The molecule has 1 aromatic rings. The lowest BCUT2D eigenvalue weighted by Crippen LogP contribution is -2.52. The number of halogens is 1. The van der Waals surface area contributed by atoms with Crippen LogP contribution in [0.2, 0.25) is 0 Å². The average Bonchev–Trinajstić information content (AvgIpc) is 2.40. The lowest BCUT2D eigenvalue weighted by Gasteiger charge is -2.37. The first kappa shape index (κ1) is 14.3. The molecule has 0 radical (unpaired) electrons. The smallest absolute Gasteiger partial charge is 0.326 e. The van der Waals surface area contributed by atoms with Crippen molar-refractivity contribution in [2.75, 3.05) is 12.3 Å². The van der Waals surface area contributed by atoms with E-state index in [1.807, 2.05) is 0 Å². The fraction of sp³-hybridized carbons (Fsp3) is 0.429. The van der Waals surface area contributed by atoms with Crippen LogP contribution in [0.1, 0.15) is 30.1 Å². The molecule has 0 spiro atoms. The van der Waals surface area contributed by atoms with Gasteiger partial charge in [0.2, 0.25) is 0 Å². The van der Waals surface area contributed by atoms with Crippen LogP contribution in [0.25, 0.3) is 0 Å². The Bertz CT molecular complexity index is 547. The Morgan fingerprint density at radius 3 is 2.80 bits per heavy atom. The minimum atomic E-state index is -1.04. The van der Waals surface area contributed by atoms with Crippen LogP contribution in [0.4, 0.5) is 10.1 Å². The number of carbonyl (C=O) groups excluding carboxylic acids is 1. The molecule has 108 valence electrons. The number of amides is 1. The first-order chi connectivity index (χ1) is 9.41. The number of aliphatic carboxylic acids is 1. The van der Waals surface area contributed by atoms with Crippen molar-refractivity contribution in [1.82, 2.24) is 4.90 Å². The number of anilines is 1. The zero-order valence-corrected chi connectivity index (χ0v) is 11.2. The zero-order chi connectivity index (χ0) is 14.9. The largest absolute Gasteiger partial charge is 0.480 e. The summed E-state index contributed by atoms with van der Waals surface area (Å²) in [6.45, 7) is 2.14. The summed E-state index contributed by atoms with van der Waals surface area (Å²) in [5, 5.41) is 9.30. The van der Waals surface area contributed by atoms with Gasteiger partial charge in [0.1, 0.15) is 11.9 Å². The van der Waals surface area contributed by atoms with Crippen LogP contribution in [-0.2, 0) is 4.79 Å². The Morgan fingerprint density at radius 1 is 1.45 bits per heavy atom. The summed E-state index contributed by atoms with van der Waals surface area (Å²) >= 11 is 0. The van der Waals surface area contributed by atoms with Gasteiger partial charge in [-0.05, 0) is 37.0 Å². The highest BCUT2D eigenvalue weighted by molar-refractivity contribution is 6.01. The summed E-state index contributed by atoms with van der Waals surface area (Å²) in [7, 11) is 0. The first-order valence-corrected chi connectivity index (χ1v) is 6.50. The van der Waals surface area contributed by atoms with Crippen molar-refractivity contribution in [3.63, 3.8) is 0 Å². The predicted octanol–water partition coefficient (Wildman–Crippen LogP) is 1.73. The van der Waals surface area contributed by atoms with Crippen molar-refractivity contribution in [2.45, 2.75) is 25.8 Å². The van der Waals surface area contributed by atoms with Gasteiger partial charge in [-0.15, -0.1) is 0 Å². The maximum Gasteiger partial charge on any atom is 0.326 e. The number of hydrogen-bond donors (Lipinski definition) is 2. The normalized spacial score (nSPS) is 22.6. The Morgan fingerprint density at radius 2 is 2.15 bits per heavy atom. The van der Waals surface area contributed by atoms with E-state index < -0.39 is 23.7 Å². The van der Waals surface area contributed by atoms with Gasteiger partial charge in [0.15, 0.2) is 0 Å². The Hall–Kier alpha value is -2.11. The number of carboxylic acid groups (broad SMARTS) is 1. The maximum absolute atomic E-state index is 13.3. The minimum Gasteiger partial charge on any atom is -0.480 e. The molecule has 1 aliphatic heterocycles. The van der Waals surface area contributed by atoms with Crippen molar-refractivity contribution in [3.05, 3.63) is 29.6 Å². The number of piperidine rings is 1. The number of nitrogens with two attached hydrogens (primary N) is 1. The molecule has 0 aliphatic carbocycles. The van der Waals surface area contributed by atoms with E-state index in [9.17, 15) is 19.1 Å². The van der Waals surface area contributed by atoms with Crippen molar-refractivity contribution in [1.29, 1.82) is 0 Å². The molecular weight excluding hydrogens is 263 g/mol. The monoisotopic (exact) mass is 280 g/mol. The molecule has 0 saturated carbocycles. The number of likely N-dealkylation sites (tertiary alicyclic amines) is 1. The summed E-state index contributed by atoms with van der Waals surface area (Å²) in [5.41, 5.74) is 5.86. The molecule has 1 amide bonds. The van der Waals surface area contributed by atoms with Crippen molar-refractivity contribution in [3.8, 4) is 0 Å². The highest BCUT2D eigenvalue weighted by atomic mass is 19.1. The number of benzene rings is 1. The van der Waals surface area contributed by atoms with E-state index in [0.717, 1.165) is 18.9 Å². The van der Waals surface area contributed by atoms with Crippen molar-refractivity contribution < 1.29 is 19.1 Å². The molecule has 1 saturated heterocycles. The highest BCUT2D eigenvalue weighted by Crippen LogP contribution is 2.26. The molecule has 1 heterocycles. The second-order valence-corrected chi connectivity index (χ2v) is 5.13. The number of carboxylic acids is 1. The summed E-state index contributed by atoms with van der Waals surface area (Å²) < 4.78 is 13.3. The van der Waals surface area contributed by atoms with Crippen LogP contribution in [0.3, 0.4) is 0 Å². The second kappa shape index (κ2) is 5.48. The fourth-order valence-electron chi connectivity index (χ4n) is 2.66. The summed E-state index contributed by atoms with van der Waals surface area (Å²) in [6.07, 6.45) is 1.48. The van der Waals surface area contributed by atoms with E-state index in [1.165, 1.54) is 17.0 Å². The third-order valence-electron chi connectivity index (χ3n) is 3.69. The lowest BCUT2D eigenvalue weighted by atomic mass is 9.90. The molecule has 2 rings (SSSR count). The van der Waals surface area contributed by atoms with Gasteiger partial charge in [-0.3, -0.25) is 4.79 Å². The molecule has 5 nitrogen and oxygen atoms in total. The van der Waals surface area contributed by atoms with E-state index in [-0.39, 0.29) is 17.2 Å². The standard InChI is InChI=1S/C14H17FN2O3/c1-8-3-2-6-17(12(8)14(19)20)13(18)10-7-9(15)4-5-11(10)16/h4-5,7-8,12H,2-3,6,16H2,1H3,(H,19,20). The van der Waals surface area contributed by atoms with Gasteiger partial charge in [-0.2, -0.15) is 0 Å². The van der Waals surface area contributed by atoms with E-state index in [4.69, 9.17) is 5.73 Å². The summed E-state index contributed by atoms with van der Waals surface area (Å²) in [6, 6.07) is 2.64. The molecule has 1 fully saturated rings. The molecule has 6 heteroatoms. The molecule has 2 atom stereocenters. The van der Waals surface area contributed by atoms with Gasteiger partial charge < -0.3 is 15.7 Å². The highest BCUT2D eigenvalue weighted by Gasteiger charge is 2.37. The Kier molecular flexibility index (Phi) is 3.92. The quantitative estimate of drug-likeness (QED) is 0.808. The van der Waals surface area contributed by atoms with Gasteiger partial charge in [0.05, 0.1) is 5.56 Å². The van der Waals surface area contributed by atoms with Gasteiger partial charge in [-0.25, -0.2) is 9.18 Å². The SMILES string of the molecule is CC1CCCN(C(=O)c2cc(F)ccc2N)C1C(=O)O. The maximum atomic E-state index is 13.3. The first-order valence-electron chi connectivity index (χ1n) is 6.50. The molecular formula is C14H17FN2O3. The van der Waals surface area contributed by atoms with Crippen LogP contribution in [0.15, 0.2) is 18.2 Å². The topological polar surface area (TPSA) is 83.6 Å². The van der Waals surface area contributed by atoms with E-state index in [0.29, 0.717) is 6.54 Å². The van der Waals surface area contributed by atoms with Gasteiger partial charge >= 0.3 is 5.97 Å². The van der Waals surface area contributed by atoms with Gasteiger partial charge in [-0.1, -0.05) is 6.92 Å². The number of hydrogen-bond acceptors (Lipinski definition) is 3. The Balaban J connectivity index is 2.35. The zero-order valence-electron chi connectivity index (χ0n) is 11.2. The summed E-state index contributed by atoms with van der Waals surface area (Å²) in [4.78, 5) is 25.1. The van der Waals surface area contributed by atoms with Crippen LogP contribution in [0.5, 0.6) is 0 Å². The summed E-state index contributed by atoms with van der Waals surface area (Å²) in [5.74, 6) is -2.28. The Labute approximate surface area is 116 Å². The molecule has 0 bridgehead atoms. The van der Waals surface area contributed by atoms with Crippen LogP contribution in [-0.4, -0.2) is 34.5 Å². The number of rotatable bonds is 2. The number of carbonyl (C=O) groups is 2. The average molecular weight is 280 g/mol. The van der Waals surface area contributed by atoms with E-state index in [1.54, 1.807) is 6.92 Å². The number of nitrogen functional groups attached to an aromatic ring is 1. The molecule has 0 aromatic heterocycles. The van der Waals surface area contributed by atoms with Crippen LogP contribution >= 0.6 is 0 Å². The van der Waals surface area contributed by atoms with Crippen LogP contribution in [0, 0.1) is 11.7 Å². The second-order valence-electron chi connectivity index (χ2n) is 5.13. The van der Waals surface area contributed by atoms with Crippen molar-refractivity contribution in [2.24, 2.45) is 5.92 Å². The molecule has 3 N–H and O–H groups in total. The molecule has 1 aliphatic rings. The van der Waals surface area contributed by atoms with Crippen LogP contribution < -0.4 is 5.73 Å². The van der Waals surface area contributed by atoms with E-state index >= 15 is 0 Å². The van der Waals surface area contributed by atoms with Gasteiger partial charge in [0, 0.05) is 12.2 Å². The molecule has 20 heavy (non-hydrogen) atoms. The third-order valence-corrected chi connectivity index (χ3v) is 3.69. The van der Waals surface area contributed by atoms with Crippen molar-refractivity contribution >= 4 is 17.6 Å². The van der Waals surface area contributed by atoms with E-state index in [2.05, 4.69) is 0 Å². The molecule has 2 unspecified atom stereocenters. The lowest BCUT2D eigenvalue weighted by molar-refractivity contribution is -0.145.